The minimum atomic E-state index is -3.73. The van der Waals surface area contributed by atoms with E-state index in [4.69, 9.17) is 0 Å². The minimum Gasteiger partial charge on any atom is -0.372 e. The lowest BCUT2D eigenvalue weighted by Crippen LogP contribution is -2.29. The van der Waals surface area contributed by atoms with Crippen molar-refractivity contribution in [2.45, 2.75) is 37.6 Å². The van der Waals surface area contributed by atoms with E-state index in [2.05, 4.69) is 27.1 Å². The lowest BCUT2D eigenvalue weighted by Gasteiger charge is -2.28. The lowest BCUT2D eigenvalue weighted by atomic mass is 10.1. The maximum atomic E-state index is 12.7. The SMILES string of the molecule is Cc1ccc(S(=O)(=O)Nc2cccc(C(=O)NCc3ccc(N4CCCCC4)cc3)c2)cc1. The maximum absolute atomic E-state index is 12.7. The van der Waals surface area contributed by atoms with Gasteiger partial charge in [0.05, 0.1) is 4.90 Å². The Labute approximate surface area is 195 Å². The van der Waals surface area contributed by atoms with Gasteiger partial charge in [-0.25, -0.2) is 8.42 Å². The number of hydrogen-bond donors (Lipinski definition) is 2. The van der Waals surface area contributed by atoms with Crippen LogP contribution in [0.15, 0.2) is 77.7 Å². The zero-order valence-corrected chi connectivity index (χ0v) is 19.6. The number of hydrogen-bond acceptors (Lipinski definition) is 4. The van der Waals surface area contributed by atoms with Gasteiger partial charge < -0.3 is 10.2 Å². The van der Waals surface area contributed by atoms with Crippen molar-refractivity contribution in [2.75, 3.05) is 22.7 Å². The first-order chi connectivity index (χ1) is 15.9. The number of nitrogens with one attached hydrogen (secondary N) is 2. The second-order valence-corrected chi connectivity index (χ2v) is 10.1. The maximum Gasteiger partial charge on any atom is 0.261 e. The first kappa shape index (κ1) is 22.9. The summed E-state index contributed by atoms with van der Waals surface area (Å²) in [6.07, 6.45) is 3.77. The van der Waals surface area contributed by atoms with E-state index in [1.54, 1.807) is 48.5 Å². The van der Waals surface area contributed by atoms with Crippen LogP contribution < -0.4 is 14.9 Å². The molecular formula is C26H29N3O3S. The predicted octanol–water partition coefficient (Wildman–Crippen LogP) is 4.72. The minimum absolute atomic E-state index is 0.177. The molecular weight excluding hydrogens is 434 g/mol. The molecule has 0 bridgehead atoms. The summed E-state index contributed by atoms with van der Waals surface area (Å²) in [7, 11) is -3.73. The van der Waals surface area contributed by atoms with Crippen LogP contribution in [0.2, 0.25) is 0 Å². The zero-order valence-electron chi connectivity index (χ0n) is 18.8. The monoisotopic (exact) mass is 463 g/mol. The van der Waals surface area contributed by atoms with E-state index < -0.39 is 10.0 Å². The Kier molecular flexibility index (Phi) is 6.99. The number of aryl methyl sites for hydroxylation is 1. The summed E-state index contributed by atoms with van der Waals surface area (Å²) in [6.45, 7) is 4.49. The fourth-order valence-electron chi connectivity index (χ4n) is 3.92. The van der Waals surface area contributed by atoms with Crippen LogP contribution in [-0.4, -0.2) is 27.4 Å². The molecule has 0 aliphatic carbocycles. The molecule has 2 N–H and O–H groups in total. The molecule has 4 rings (SSSR count). The molecule has 1 aliphatic rings. The molecule has 0 atom stereocenters. The molecule has 33 heavy (non-hydrogen) atoms. The highest BCUT2D eigenvalue weighted by molar-refractivity contribution is 7.92. The van der Waals surface area contributed by atoms with Gasteiger partial charge in [0.1, 0.15) is 0 Å². The first-order valence-electron chi connectivity index (χ1n) is 11.2. The Bertz CT molecular complexity index is 1200. The number of rotatable bonds is 7. The van der Waals surface area contributed by atoms with Crippen LogP contribution in [0.25, 0.3) is 0 Å². The van der Waals surface area contributed by atoms with Crippen LogP contribution in [0, 0.1) is 6.92 Å². The van der Waals surface area contributed by atoms with Crippen molar-refractivity contribution in [2.24, 2.45) is 0 Å². The topological polar surface area (TPSA) is 78.5 Å². The Morgan fingerprint density at radius 3 is 2.30 bits per heavy atom. The molecule has 1 heterocycles. The van der Waals surface area contributed by atoms with Gasteiger partial charge in [-0.05, 0) is 74.2 Å². The molecule has 1 saturated heterocycles. The number of piperidine rings is 1. The Hall–Kier alpha value is -3.32. The molecule has 172 valence electrons. The van der Waals surface area contributed by atoms with Crippen LogP contribution in [0.3, 0.4) is 0 Å². The second-order valence-electron chi connectivity index (χ2n) is 8.40. The molecule has 1 aliphatic heterocycles. The van der Waals surface area contributed by atoms with Gasteiger partial charge in [-0.3, -0.25) is 9.52 Å². The largest absolute Gasteiger partial charge is 0.372 e. The number of sulfonamides is 1. The van der Waals surface area contributed by atoms with Crippen molar-refractivity contribution in [3.8, 4) is 0 Å². The van der Waals surface area contributed by atoms with Gasteiger partial charge in [0.15, 0.2) is 0 Å². The van der Waals surface area contributed by atoms with Crippen molar-refractivity contribution in [1.29, 1.82) is 0 Å². The Balaban J connectivity index is 1.37. The van der Waals surface area contributed by atoms with Gasteiger partial charge in [-0.15, -0.1) is 0 Å². The zero-order chi connectivity index (χ0) is 23.3. The highest BCUT2D eigenvalue weighted by Crippen LogP contribution is 2.21. The molecule has 0 unspecified atom stereocenters. The molecule has 0 spiro atoms. The molecule has 0 saturated carbocycles. The highest BCUT2D eigenvalue weighted by Gasteiger charge is 2.15. The van der Waals surface area contributed by atoms with E-state index in [1.807, 2.05) is 19.1 Å². The van der Waals surface area contributed by atoms with Crippen molar-refractivity contribution in [3.05, 3.63) is 89.5 Å². The normalized spacial score (nSPS) is 14.0. The molecule has 0 radical (unpaired) electrons. The van der Waals surface area contributed by atoms with E-state index in [1.165, 1.54) is 24.9 Å². The summed E-state index contributed by atoms with van der Waals surface area (Å²) in [5.74, 6) is -0.258. The Morgan fingerprint density at radius 1 is 0.909 bits per heavy atom. The van der Waals surface area contributed by atoms with E-state index in [9.17, 15) is 13.2 Å². The summed E-state index contributed by atoms with van der Waals surface area (Å²) >= 11 is 0. The molecule has 0 aromatic heterocycles. The average Bonchev–Trinajstić information content (AvgIpc) is 2.83. The van der Waals surface area contributed by atoms with Crippen LogP contribution >= 0.6 is 0 Å². The Morgan fingerprint density at radius 2 is 1.61 bits per heavy atom. The van der Waals surface area contributed by atoms with Crippen molar-refractivity contribution in [3.63, 3.8) is 0 Å². The summed E-state index contributed by atoms with van der Waals surface area (Å²) in [5, 5.41) is 2.91. The third kappa shape index (κ3) is 5.93. The van der Waals surface area contributed by atoms with Crippen LogP contribution in [0.5, 0.6) is 0 Å². The number of anilines is 2. The van der Waals surface area contributed by atoms with Crippen LogP contribution in [0.4, 0.5) is 11.4 Å². The molecule has 7 heteroatoms. The fourth-order valence-corrected chi connectivity index (χ4v) is 4.97. The average molecular weight is 464 g/mol. The molecule has 1 amide bonds. The van der Waals surface area contributed by atoms with Crippen molar-refractivity contribution >= 4 is 27.3 Å². The summed E-state index contributed by atoms with van der Waals surface area (Å²) in [4.78, 5) is 15.2. The van der Waals surface area contributed by atoms with Crippen molar-refractivity contribution < 1.29 is 13.2 Å². The molecule has 6 nitrogen and oxygen atoms in total. The first-order valence-corrected chi connectivity index (χ1v) is 12.7. The van der Waals surface area contributed by atoms with Gasteiger partial charge >= 0.3 is 0 Å². The van der Waals surface area contributed by atoms with Gasteiger partial charge in [0.25, 0.3) is 15.9 Å². The van der Waals surface area contributed by atoms with Gasteiger partial charge in [0.2, 0.25) is 0 Å². The van der Waals surface area contributed by atoms with Gasteiger partial charge in [-0.2, -0.15) is 0 Å². The third-order valence-electron chi connectivity index (χ3n) is 5.82. The number of carbonyl (C=O) groups is 1. The second kappa shape index (κ2) is 10.1. The summed E-state index contributed by atoms with van der Waals surface area (Å²) < 4.78 is 27.8. The van der Waals surface area contributed by atoms with E-state index in [-0.39, 0.29) is 10.8 Å². The van der Waals surface area contributed by atoms with Crippen LogP contribution in [-0.2, 0) is 16.6 Å². The van der Waals surface area contributed by atoms with Crippen LogP contribution in [0.1, 0.15) is 40.7 Å². The fraction of sp³-hybridized carbons (Fsp3) is 0.269. The smallest absolute Gasteiger partial charge is 0.261 e. The molecule has 3 aromatic rings. The summed E-state index contributed by atoms with van der Waals surface area (Å²) in [5.41, 5.74) is 3.95. The summed E-state index contributed by atoms with van der Waals surface area (Å²) in [6, 6.07) is 21.4. The third-order valence-corrected chi connectivity index (χ3v) is 7.22. The quantitative estimate of drug-likeness (QED) is 0.532. The number of benzene rings is 3. The van der Waals surface area contributed by atoms with E-state index in [0.717, 1.165) is 24.2 Å². The van der Waals surface area contributed by atoms with Gasteiger partial charge in [-0.1, -0.05) is 35.9 Å². The molecule has 3 aromatic carbocycles. The lowest BCUT2D eigenvalue weighted by molar-refractivity contribution is 0.0951. The van der Waals surface area contributed by atoms with E-state index in [0.29, 0.717) is 17.8 Å². The van der Waals surface area contributed by atoms with E-state index >= 15 is 0 Å². The number of amides is 1. The highest BCUT2D eigenvalue weighted by atomic mass is 32.2. The standard InChI is InChI=1S/C26H29N3O3S/c1-20-8-14-25(15-9-20)33(31,32)28-23-7-5-6-22(18-23)26(30)27-19-21-10-12-24(13-11-21)29-16-3-2-4-17-29/h5-15,18,28H,2-4,16-17,19H2,1H3,(H,27,30). The van der Waals surface area contributed by atoms with Gasteiger partial charge in [0, 0.05) is 36.6 Å². The molecule has 1 fully saturated rings. The number of nitrogens with zero attached hydrogens (tertiary/aromatic N) is 1. The number of carbonyl (C=O) groups excluding carboxylic acids is 1. The van der Waals surface area contributed by atoms with Crippen molar-refractivity contribution in [1.82, 2.24) is 5.32 Å². The predicted molar refractivity (Wildman–Crippen MR) is 132 cm³/mol.